The molecule has 2 aliphatic carbocycles. The molecule has 0 spiro atoms. The summed E-state index contributed by atoms with van der Waals surface area (Å²) in [7, 11) is -4.29. The third-order valence-electron chi connectivity index (χ3n) is 6.21. The molecular formula is C22H27FN2O5S. The summed E-state index contributed by atoms with van der Waals surface area (Å²) in [4.78, 5) is 12.7. The van der Waals surface area contributed by atoms with Crippen LogP contribution in [0.3, 0.4) is 0 Å². The number of sulfonamides is 1. The Labute approximate surface area is 181 Å². The Balaban J connectivity index is 1.60. The number of hydrogen-bond acceptors (Lipinski definition) is 5. The number of nitrogens with one attached hydrogen (secondary N) is 2. The normalized spacial score (nSPS) is 17.3. The Hall–Kier alpha value is -2.39. The molecule has 3 N–H and O–H groups in total. The molecule has 0 saturated heterocycles. The molecule has 9 heteroatoms. The largest absolute Gasteiger partial charge is 0.451 e. The van der Waals surface area contributed by atoms with Gasteiger partial charge in [0, 0.05) is 17.3 Å². The molecule has 0 bridgehead atoms. The molecule has 2 amide bonds. The molecular weight excluding hydrogens is 423 g/mol. The van der Waals surface area contributed by atoms with Gasteiger partial charge in [0.05, 0.1) is 11.9 Å². The van der Waals surface area contributed by atoms with Crippen LogP contribution in [0.15, 0.2) is 27.9 Å². The highest BCUT2D eigenvalue weighted by molar-refractivity contribution is 7.89. The van der Waals surface area contributed by atoms with Crippen molar-refractivity contribution in [3.8, 4) is 0 Å². The molecule has 1 unspecified atom stereocenters. The van der Waals surface area contributed by atoms with Crippen molar-refractivity contribution in [2.75, 3.05) is 5.32 Å². The third kappa shape index (κ3) is 4.34. The molecule has 1 aromatic carbocycles. The van der Waals surface area contributed by atoms with E-state index in [9.17, 15) is 22.7 Å². The number of aliphatic hydroxyl groups is 1. The van der Waals surface area contributed by atoms with Crippen molar-refractivity contribution in [3.05, 3.63) is 46.5 Å². The summed E-state index contributed by atoms with van der Waals surface area (Å²) in [6.07, 6.45) is 5.26. The van der Waals surface area contributed by atoms with Crippen LogP contribution in [0.2, 0.25) is 0 Å². The van der Waals surface area contributed by atoms with Crippen LogP contribution >= 0.6 is 0 Å². The number of rotatable bonds is 6. The van der Waals surface area contributed by atoms with Gasteiger partial charge in [0.25, 0.3) is 10.0 Å². The second-order valence-electron chi connectivity index (χ2n) is 9.03. The predicted octanol–water partition coefficient (Wildman–Crippen LogP) is 4.16. The molecule has 168 valence electrons. The summed E-state index contributed by atoms with van der Waals surface area (Å²) in [6, 6.07) is 1.72. The molecule has 31 heavy (non-hydrogen) atoms. The second kappa shape index (κ2) is 7.63. The van der Waals surface area contributed by atoms with Gasteiger partial charge in [0.15, 0.2) is 0 Å². The van der Waals surface area contributed by atoms with Gasteiger partial charge in [0.2, 0.25) is 5.09 Å². The highest BCUT2D eigenvalue weighted by atomic mass is 32.2. The number of furan rings is 1. The Bertz CT molecular complexity index is 1130. The van der Waals surface area contributed by atoms with E-state index in [1.807, 2.05) is 11.6 Å². The van der Waals surface area contributed by atoms with E-state index in [1.54, 1.807) is 0 Å². The van der Waals surface area contributed by atoms with Crippen LogP contribution in [0.5, 0.6) is 0 Å². The topological polar surface area (TPSA) is 109 Å². The van der Waals surface area contributed by atoms with Crippen LogP contribution < -0.4 is 10.0 Å². The molecule has 0 aliphatic heterocycles. The number of hydrogen-bond donors (Lipinski definition) is 3. The molecule has 4 rings (SSSR count). The first-order valence-electron chi connectivity index (χ1n) is 10.5. The fourth-order valence-corrected chi connectivity index (χ4v) is 5.05. The van der Waals surface area contributed by atoms with Crippen LogP contribution in [0.25, 0.3) is 0 Å². The number of halogens is 1. The zero-order valence-corrected chi connectivity index (χ0v) is 18.6. The lowest BCUT2D eigenvalue weighted by Crippen LogP contribution is -2.35. The van der Waals surface area contributed by atoms with Gasteiger partial charge in [-0.3, -0.25) is 0 Å². The van der Waals surface area contributed by atoms with E-state index in [2.05, 4.69) is 5.32 Å². The van der Waals surface area contributed by atoms with Crippen molar-refractivity contribution in [1.29, 1.82) is 0 Å². The number of carbonyl (C=O) groups is 1. The Morgan fingerprint density at radius 2 is 1.94 bits per heavy atom. The van der Waals surface area contributed by atoms with E-state index in [0.29, 0.717) is 35.6 Å². The fourth-order valence-electron chi connectivity index (χ4n) is 4.20. The molecule has 2 aromatic rings. The van der Waals surface area contributed by atoms with E-state index < -0.39 is 26.7 Å². The van der Waals surface area contributed by atoms with E-state index >= 15 is 0 Å². The minimum Gasteiger partial charge on any atom is -0.451 e. The monoisotopic (exact) mass is 450 g/mol. The minimum absolute atomic E-state index is 0.0618. The number of urea groups is 1. The molecule has 0 radical (unpaired) electrons. The maximum Gasteiger partial charge on any atom is 0.333 e. The van der Waals surface area contributed by atoms with Crippen LogP contribution in [-0.2, 0) is 28.5 Å². The Morgan fingerprint density at radius 3 is 2.55 bits per heavy atom. The lowest BCUT2D eigenvalue weighted by atomic mass is 9.90. The van der Waals surface area contributed by atoms with E-state index in [4.69, 9.17) is 4.42 Å². The summed E-state index contributed by atoms with van der Waals surface area (Å²) < 4.78 is 46.8. The van der Waals surface area contributed by atoms with Crippen molar-refractivity contribution in [1.82, 2.24) is 4.72 Å². The smallest absolute Gasteiger partial charge is 0.333 e. The van der Waals surface area contributed by atoms with Crippen molar-refractivity contribution < 1.29 is 27.1 Å². The average Bonchev–Trinajstić information content (AvgIpc) is 3.17. The molecule has 1 heterocycles. The molecule has 1 saturated carbocycles. The van der Waals surface area contributed by atoms with Crippen LogP contribution in [0.1, 0.15) is 68.2 Å². The van der Waals surface area contributed by atoms with Gasteiger partial charge in [0.1, 0.15) is 5.82 Å². The standard InChI is InChI=1S/C22H27FN2O5S/c1-12(13-7-8-13)17-10-18(23)15-5-4-6-16(15)20(17)24-21(26)25-31(28,29)19-9-14(11-30-19)22(2,3)27/h9-13,27H,4-8H2,1-3H3,(H2,24,25,26). The number of fused-ring (bicyclic) bond motifs is 1. The Morgan fingerprint density at radius 1 is 1.26 bits per heavy atom. The zero-order valence-electron chi connectivity index (χ0n) is 17.8. The number of amides is 2. The third-order valence-corrected chi connectivity index (χ3v) is 7.41. The Kier molecular flexibility index (Phi) is 5.37. The zero-order chi connectivity index (χ0) is 22.6. The van der Waals surface area contributed by atoms with Crippen LogP contribution in [-0.4, -0.2) is 19.6 Å². The van der Waals surface area contributed by atoms with Crippen LogP contribution in [0.4, 0.5) is 14.9 Å². The van der Waals surface area contributed by atoms with Gasteiger partial charge in [-0.15, -0.1) is 0 Å². The lowest BCUT2D eigenvalue weighted by molar-refractivity contribution is 0.0779. The summed E-state index contributed by atoms with van der Waals surface area (Å²) >= 11 is 0. The summed E-state index contributed by atoms with van der Waals surface area (Å²) in [6.45, 7) is 4.99. The first-order chi connectivity index (χ1) is 14.5. The maximum atomic E-state index is 14.6. The summed E-state index contributed by atoms with van der Waals surface area (Å²) in [5.41, 5.74) is 1.53. The maximum absolute atomic E-state index is 14.6. The highest BCUT2D eigenvalue weighted by Crippen LogP contribution is 2.47. The van der Waals surface area contributed by atoms with Gasteiger partial charge in [-0.05, 0) is 80.5 Å². The lowest BCUT2D eigenvalue weighted by Gasteiger charge is -2.21. The molecule has 1 atom stereocenters. The predicted molar refractivity (Wildman–Crippen MR) is 113 cm³/mol. The number of carbonyl (C=O) groups excluding carboxylic acids is 1. The summed E-state index contributed by atoms with van der Waals surface area (Å²) in [5, 5.41) is 12.2. The van der Waals surface area contributed by atoms with Gasteiger partial charge in [-0.2, -0.15) is 8.42 Å². The first kappa shape index (κ1) is 21.8. The fraction of sp³-hybridized carbons (Fsp3) is 0.500. The minimum atomic E-state index is -4.29. The number of anilines is 1. The molecule has 1 fully saturated rings. The van der Waals surface area contributed by atoms with Crippen molar-refractivity contribution in [3.63, 3.8) is 0 Å². The second-order valence-corrected chi connectivity index (χ2v) is 10.6. The van der Waals surface area contributed by atoms with Crippen molar-refractivity contribution >= 4 is 21.7 Å². The van der Waals surface area contributed by atoms with Gasteiger partial charge < -0.3 is 14.8 Å². The SMILES string of the molecule is CC(c1cc(F)c2c(c1NC(=O)NS(=O)(=O)c1cc(C(C)(C)O)co1)CCC2)C1CC1. The van der Waals surface area contributed by atoms with Crippen molar-refractivity contribution in [2.24, 2.45) is 5.92 Å². The summed E-state index contributed by atoms with van der Waals surface area (Å²) in [5.74, 6) is 0.240. The van der Waals surface area contributed by atoms with E-state index in [-0.39, 0.29) is 17.3 Å². The van der Waals surface area contributed by atoms with Gasteiger partial charge in [-0.25, -0.2) is 13.9 Å². The van der Waals surface area contributed by atoms with Gasteiger partial charge in [-0.1, -0.05) is 6.92 Å². The molecule has 7 nitrogen and oxygen atoms in total. The highest BCUT2D eigenvalue weighted by Gasteiger charge is 2.34. The molecule has 2 aliphatic rings. The quantitative estimate of drug-likeness (QED) is 0.612. The average molecular weight is 451 g/mol. The van der Waals surface area contributed by atoms with E-state index in [0.717, 1.165) is 31.1 Å². The van der Waals surface area contributed by atoms with Gasteiger partial charge >= 0.3 is 6.03 Å². The van der Waals surface area contributed by atoms with Crippen LogP contribution in [0, 0.1) is 11.7 Å². The van der Waals surface area contributed by atoms with E-state index in [1.165, 1.54) is 26.0 Å². The molecule has 1 aromatic heterocycles. The van der Waals surface area contributed by atoms with Crippen molar-refractivity contribution in [2.45, 2.75) is 69.5 Å². The first-order valence-corrected chi connectivity index (χ1v) is 11.9. The number of benzene rings is 1.